The number of halogens is 3. The fourth-order valence-corrected chi connectivity index (χ4v) is 2.76. The third-order valence-corrected chi connectivity index (χ3v) is 3.54. The van der Waals surface area contributed by atoms with Gasteiger partial charge in [-0.3, -0.25) is 0 Å². The molecule has 2 saturated carbocycles. The lowest BCUT2D eigenvalue weighted by Gasteiger charge is -2.12. The van der Waals surface area contributed by atoms with Gasteiger partial charge in [-0.25, -0.2) is 0 Å². The van der Waals surface area contributed by atoms with Crippen molar-refractivity contribution >= 4 is 0 Å². The van der Waals surface area contributed by atoms with Crippen molar-refractivity contribution in [2.75, 3.05) is 13.2 Å². The van der Waals surface area contributed by atoms with Gasteiger partial charge in [0.1, 0.15) is 6.61 Å². The summed E-state index contributed by atoms with van der Waals surface area (Å²) >= 11 is 0. The highest BCUT2D eigenvalue weighted by atomic mass is 19.4. The molecule has 5 heteroatoms. The molecule has 0 aromatic carbocycles. The van der Waals surface area contributed by atoms with Crippen LogP contribution in [0.4, 0.5) is 13.2 Å². The Labute approximate surface area is 86.4 Å². The standard InChI is InChI=1S/C10H15F3O2/c11-10(12,13)6-15-5-9(14)7-3-1-2-4-8(7)9/h7-8,14H,1-6H2. The fourth-order valence-electron chi connectivity index (χ4n) is 2.76. The third kappa shape index (κ3) is 2.28. The van der Waals surface area contributed by atoms with E-state index in [0.717, 1.165) is 25.7 Å². The Morgan fingerprint density at radius 1 is 1.20 bits per heavy atom. The topological polar surface area (TPSA) is 29.5 Å². The largest absolute Gasteiger partial charge is 0.411 e. The van der Waals surface area contributed by atoms with Gasteiger partial charge >= 0.3 is 6.18 Å². The summed E-state index contributed by atoms with van der Waals surface area (Å²) in [7, 11) is 0. The van der Waals surface area contributed by atoms with Crippen LogP contribution in [-0.4, -0.2) is 30.1 Å². The number of rotatable bonds is 3. The highest BCUT2D eigenvalue weighted by Crippen LogP contribution is 2.58. The Bertz CT molecular complexity index is 227. The molecule has 2 aliphatic rings. The van der Waals surface area contributed by atoms with E-state index >= 15 is 0 Å². The number of ether oxygens (including phenoxy) is 1. The van der Waals surface area contributed by atoms with Gasteiger partial charge in [-0.1, -0.05) is 12.8 Å². The van der Waals surface area contributed by atoms with Gasteiger partial charge in [0.2, 0.25) is 0 Å². The number of fused-ring (bicyclic) bond motifs is 1. The molecule has 0 saturated heterocycles. The van der Waals surface area contributed by atoms with E-state index in [-0.39, 0.29) is 18.4 Å². The molecule has 0 bridgehead atoms. The Hall–Kier alpha value is -0.290. The Balaban J connectivity index is 1.76. The van der Waals surface area contributed by atoms with Crippen LogP contribution in [0.3, 0.4) is 0 Å². The Kier molecular flexibility index (Phi) is 2.71. The van der Waals surface area contributed by atoms with Gasteiger partial charge in [0, 0.05) is 0 Å². The minimum absolute atomic E-state index is 0.165. The van der Waals surface area contributed by atoms with E-state index in [1.165, 1.54) is 0 Å². The molecule has 15 heavy (non-hydrogen) atoms. The van der Waals surface area contributed by atoms with Gasteiger partial charge in [0.25, 0.3) is 0 Å². The highest BCUT2D eigenvalue weighted by Gasteiger charge is 2.63. The molecule has 2 aliphatic carbocycles. The number of hydrogen-bond acceptors (Lipinski definition) is 2. The molecule has 0 aromatic heterocycles. The average molecular weight is 224 g/mol. The van der Waals surface area contributed by atoms with Crippen LogP contribution in [0.25, 0.3) is 0 Å². The SMILES string of the molecule is OC1(COCC(F)(F)F)C2CCCCC21. The van der Waals surface area contributed by atoms with Crippen LogP contribution in [-0.2, 0) is 4.74 Å². The summed E-state index contributed by atoms with van der Waals surface area (Å²) in [5, 5.41) is 9.99. The first-order chi connectivity index (χ1) is 6.93. The lowest BCUT2D eigenvalue weighted by molar-refractivity contribution is -0.181. The zero-order chi connectivity index (χ0) is 11.1. The van der Waals surface area contributed by atoms with E-state index in [9.17, 15) is 18.3 Å². The van der Waals surface area contributed by atoms with Crippen LogP contribution < -0.4 is 0 Å². The van der Waals surface area contributed by atoms with Crippen molar-refractivity contribution in [2.24, 2.45) is 11.8 Å². The predicted octanol–water partition coefficient (Wildman–Crippen LogP) is 2.12. The fraction of sp³-hybridized carbons (Fsp3) is 1.00. The second kappa shape index (κ2) is 3.63. The van der Waals surface area contributed by atoms with Crippen LogP contribution in [0, 0.1) is 11.8 Å². The second-order valence-corrected chi connectivity index (χ2v) is 4.60. The van der Waals surface area contributed by atoms with E-state index in [2.05, 4.69) is 4.74 Å². The van der Waals surface area contributed by atoms with E-state index < -0.39 is 18.4 Å². The predicted molar refractivity (Wildman–Crippen MR) is 47.3 cm³/mol. The number of alkyl halides is 3. The van der Waals surface area contributed by atoms with E-state index in [1.54, 1.807) is 0 Å². The quantitative estimate of drug-likeness (QED) is 0.795. The van der Waals surface area contributed by atoms with Crippen LogP contribution in [0.2, 0.25) is 0 Å². The summed E-state index contributed by atoms with van der Waals surface area (Å²) in [6, 6.07) is 0. The van der Waals surface area contributed by atoms with Crippen LogP contribution in [0.1, 0.15) is 25.7 Å². The molecule has 0 aromatic rings. The first-order valence-electron chi connectivity index (χ1n) is 5.30. The monoisotopic (exact) mass is 224 g/mol. The summed E-state index contributed by atoms with van der Waals surface area (Å²) in [5.41, 5.74) is -0.957. The zero-order valence-corrected chi connectivity index (χ0v) is 8.39. The molecular weight excluding hydrogens is 209 g/mol. The maximum Gasteiger partial charge on any atom is 0.411 e. The van der Waals surface area contributed by atoms with Crippen LogP contribution in [0.5, 0.6) is 0 Å². The molecule has 2 rings (SSSR count). The van der Waals surface area contributed by atoms with Crippen molar-refractivity contribution < 1.29 is 23.0 Å². The molecule has 0 amide bonds. The minimum Gasteiger partial charge on any atom is -0.387 e. The Morgan fingerprint density at radius 3 is 2.20 bits per heavy atom. The van der Waals surface area contributed by atoms with Crippen molar-refractivity contribution in [1.82, 2.24) is 0 Å². The van der Waals surface area contributed by atoms with E-state index in [1.807, 2.05) is 0 Å². The number of hydrogen-bond donors (Lipinski definition) is 1. The molecule has 2 nitrogen and oxygen atoms in total. The zero-order valence-electron chi connectivity index (χ0n) is 8.39. The van der Waals surface area contributed by atoms with Gasteiger partial charge in [0.05, 0.1) is 12.2 Å². The third-order valence-electron chi connectivity index (χ3n) is 3.54. The number of aliphatic hydroxyl groups is 1. The second-order valence-electron chi connectivity index (χ2n) is 4.60. The van der Waals surface area contributed by atoms with Gasteiger partial charge in [-0.05, 0) is 24.7 Å². The van der Waals surface area contributed by atoms with Crippen molar-refractivity contribution in [3.8, 4) is 0 Å². The molecular formula is C10H15F3O2. The summed E-state index contributed by atoms with van der Waals surface area (Å²) in [6.07, 6.45) is -0.297. The molecule has 2 fully saturated rings. The average Bonchev–Trinajstić information content (AvgIpc) is 2.71. The lowest BCUT2D eigenvalue weighted by Crippen LogP contribution is -2.26. The molecule has 0 aliphatic heterocycles. The summed E-state index contributed by atoms with van der Waals surface area (Å²) in [4.78, 5) is 0. The van der Waals surface area contributed by atoms with E-state index in [4.69, 9.17) is 0 Å². The molecule has 2 atom stereocenters. The smallest absolute Gasteiger partial charge is 0.387 e. The summed E-state index contributed by atoms with van der Waals surface area (Å²) in [6.45, 7) is -1.42. The highest BCUT2D eigenvalue weighted by molar-refractivity contribution is 5.13. The molecule has 1 N–H and O–H groups in total. The lowest BCUT2D eigenvalue weighted by atomic mass is 10.0. The molecule has 0 spiro atoms. The Morgan fingerprint density at radius 2 is 1.73 bits per heavy atom. The normalized spacial score (nSPS) is 40.0. The van der Waals surface area contributed by atoms with Gasteiger partial charge in [-0.2, -0.15) is 13.2 Å². The van der Waals surface area contributed by atoms with Crippen LogP contribution >= 0.6 is 0 Å². The van der Waals surface area contributed by atoms with E-state index in [0.29, 0.717) is 0 Å². The molecule has 0 heterocycles. The van der Waals surface area contributed by atoms with Crippen molar-refractivity contribution in [3.05, 3.63) is 0 Å². The maximum atomic E-state index is 11.8. The maximum absolute atomic E-state index is 11.8. The van der Waals surface area contributed by atoms with Gasteiger partial charge in [0.15, 0.2) is 0 Å². The van der Waals surface area contributed by atoms with Gasteiger partial charge in [-0.15, -0.1) is 0 Å². The summed E-state index contributed by atoms with van der Waals surface area (Å²) < 4.78 is 40.0. The minimum atomic E-state index is -4.30. The first kappa shape index (κ1) is 11.2. The molecule has 88 valence electrons. The van der Waals surface area contributed by atoms with Crippen LogP contribution in [0.15, 0.2) is 0 Å². The van der Waals surface area contributed by atoms with Crippen molar-refractivity contribution in [2.45, 2.75) is 37.5 Å². The van der Waals surface area contributed by atoms with Crippen molar-refractivity contribution in [1.29, 1.82) is 0 Å². The molecule has 0 radical (unpaired) electrons. The van der Waals surface area contributed by atoms with Gasteiger partial charge < -0.3 is 9.84 Å². The summed E-state index contributed by atoms with van der Waals surface area (Å²) in [5.74, 6) is 0.360. The first-order valence-corrected chi connectivity index (χ1v) is 5.30. The van der Waals surface area contributed by atoms with Crippen molar-refractivity contribution in [3.63, 3.8) is 0 Å². The molecule has 2 unspecified atom stereocenters.